The number of nitrogens with zero attached hydrogens (tertiary/aromatic N) is 1. The fourth-order valence-corrected chi connectivity index (χ4v) is 3.31. The van der Waals surface area contributed by atoms with Crippen molar-refractivity contribution in [2.45, 2.75) is 12.5 Å². The van der Waals surface area contributed by atoms with Crippen molar-refractivity contribution in [3.8, 4) is 0 Å². The Balaban J connectivity index is 1.75. The van der Waals surface area contributed by atoms with Crippen molar-refractivity contribution < 1.29 is 23.9 Å². The van der Waals surface area contributed by atoms with E-state index < -0.39 is 36.0 Å². The molecule has 29 heavy (non-hydrogen) atoms. The first-order chi connectivity index (χ1) is 13.9. The molecular weight excluding hydrogens is 376 g/mol. The zero-order valence-electron chi connectivity index (χ0n) is 16.2. The lowest BCUT2D eigenvalue weighted by Crippen LogP contribution is -2.47. The van der Waals surface area contributed by atoms with Crippen LogP contribution < -0.4 is 16.0 Å². The Bertz CT molecular complexity index is 971. The van der Waals surface area contributed by atoms with Crippen molar-refractivity contribution in [1.82, 2.24) is 20.9 Å². The molecular formula is C20H22N4O5. The molecule has 0 spiro atoms. The smallest absolute Gasteiger partial charge is 0.325 e. The van der Waals surface area contributed by atoms with Crippen LogP contribution in [0.3, 0.4) is 0 Å². The standard InChI is InChI=1S/C20H22N4O5/c1-20(15-9-5-7-13-6-3-4-8-14(13)15)17(26)24(19(28)23-20)12-16(25)22-18(27)21-10-11-29-2/h3-9H,10-12H2,1-2H3,(H,23,28)(H2,21,22,25,27)/t20-/m0/s1. The van der Waals surface area contributed by atoms with Gasteiger partial charge in [-0.1, -0.05) is 42.5 Å². The zero-order chi connectivity index (χ0) is 21.0. The first-order valence-electron chi connectivity index (χ1n) is 9.06. The molecule has 1 aliphatic rings. The number of amides is 6. The number of benzene rings is 2. The van der Waals surface area contributed by atoms with E-state index >= 15 is 0 Å². The Kier molecular flexibility index (Phi) is 5.79. The maximum Gasteiger partial charge on any atom is 0.325 e. The molecule has 1 fully saturated rings. The van der Waals surface area contributed by atoms with Crippen molar-refractivity contribution in [1.29, 1.82) is 0 Å². The van der Waals surface area contributed by atoms with E-state index in [1.807, 2.05) is 36.4 Å². The van der Waals surface area contributed by atoms with Gasteiger partial charge >= 0.3 is 12.1 Å². The van der Waals surface area contributed by atoms with Crippen LogP contribution >= 0.6 is 0 Å². The van der Waals surface area contributed by atoms with Gasteiger partial charge in [0, 0.05) is 13.7 Å². The van der Waals surface area contributed by atoms with Gasteiger partial charge in [-0.3, -0.25) is 19.8 Å². The second-order valence-corrected chi connectivity index (χ2v) is 6.77. The molecule has 9 nitrogen and oxygen atoms in total. The highest BCUT2D eigenvalue weighted by Crippen LogP contribution is 2.33. The number of fused-ring (bicyclic) bond motifs is 1. The summed E-state index contributed by atoms with van der Waals surface area (Å²) in [5, 5.41) is 8.95. The van der Waals surface area contributed by atoms with Gasteiger partial charge in [-0.25, -0.2) is 9.59 Å². The Labute approximate surface area is 167 Å². The summed E-state index contributed by atoms with van der Waals surface area (Å²) in [6, 6.07) is 11.6. The summed E-state index contributed by atoms with van der Waals surface area (Å²) in [7, 11) is 1.48. The minimum Gasteiger partial charge on any atom is -0.383 e. The summed E-state index contributed by atoms with van der Waals surface area (Å²) in [5.41, 5.74) is -0.687. The van der Waals surface area contributed by atoms with Gasteiger partial charge in [-0.15, -0.1) is 0 Å². The molecule has 0 radical (unpaired) electrons. The van der Waals surface area contributed by atoms with E-state index in [-0.39, 0.29) is 13.2 Å². The van der Waals surface area contributed by atoms with Gasteiger partial charge < -0.3 is 15.4 Å². The first-order valence-corrected chi connectivity index (χ1v) is 9.06. The van der Waals surface area contributed by atoms with E-state index in [4.69, 9.17) is 4.74 Å². The number of hydrogen-bond donors (Lipinski definition) is 3. The molecule has 3 N–H and O–H groups in total. The fraction of sp³-hybridized carbons (Fsp3) is 0.300. The highest BCUT2D eigenvalue weighted by molar-refractivity contribution is 6.11. The van der Waals surface area contributed by atoms with Gasteiger partial charge in [-0.2, -0.15) is 0 Å². The van der Waals surface area contributed by atoms with Gasteiger partial charge in [0.1, 0.15) is 12.1 Å². The minimum absolute atomic E-state index is 0.220. The molecule has 2 aromatic carbocycles. The summed E-state index contributed by atoms with van der Waals surface area (Å²) in [4.78, 5) is 50.1. The van der Waals surface area contributed by atoms with Gasteiger partial charge in [0.15, 0.2) is 0 Å². The Morgan fingerprint density at radius 1 is 1.14 bits per heavy atom. The normalized spacial score (nSPS) is 18.6. The monoisotopic (exact) mass is 398 g/mol. The SMILES string of the molecule is COCCNC(=O)NC(=O)CN1C(=O)N[C@@](C)(c2cccc3ccccc23)C1=O. The largest absolute Gasteiger partial charge is 0.383 e. The number of ether oxygens (including phenoxy) is 1. The summed E-state index contributed by atoms with van der Waals surface area (Å²) in [6.45, 7) is 1.54. The average Bonchev–Trinajstić information content (AvgIpc) is 2.91. The molecule has 2 aromatic rings. The molecule has 152 valence electrons. The zero-order valence-corrected chi connectivity index (χ0v) is 16.2. The molecule has 6 amide bonds. The van der Waals surface area contributed by atoms with Gasteiger partial charge in [0.05, 0.1) is 6.61 Å². The molecule has 9 heteroatoms. The van der Waals surface area contributed by atoms with Crippen LogP contribution in [0.4, 0.5) is 9.59 Å². The van der Waals surface area contributed by atoms with E-state index in [0.29, 0.717) is 5.56 Å². The van der Waals surface area contributed by atoms with Gasteiger partial charge in [-0.05, 0) is 23.3 Å². The average molecular weight is 398 g/mol. The number of carbonyl (C=O) groups excluding carboxylic acids is 4. The predicted octanol–water partition coefficient (Wildman–Crippen LogP) is 1.08. The molecule has 0 bridgehead atoms. The van der Waals surface area contributed by atoms with Crippen LogP contribution in [0.5, 0.6) is 0 Å². The van der Waals surface area contributed by atoms with Crippen molar-refractivity contribution in [2.24, 2.45) is 0 Å². The van der Waals surface area contributed by atoms with Crippen LogP contribution in [0, 0.1) is 0 Å². The highest BCUT2D eigenvalue weighted by Gasteiger charge is 2.50. The number of carbonyl (C=O) groups is 4. The van der Waals surface area contributed by atoms with Crippen molar-refractivity contribution in [2.75, 3.05) is 26.8 Å². The second kappa shape index (κ2) is 8.27. The fourth-order valence-electron chi connectivity index (χ4n) is 3.31. The van der Waals surface area contributed by atoms with Gasteiger partial charge in [0.25, 0.3) is 5.91 Å². The quantitative estimate of drug-likeness (QED) is 0.497. The number of hydrogen-bond acceptors (Lipinski definition) is 5. The van der Waals surface area contributed by atoms with Crippen molar-refractivity contribution >= 4 is 34.6 Å². The maximum absolute atomic E-state index is 13.1. The van der Waals surface area contributed by atoms with Crippen LogP contribution in [-0.4, -0.2) is 55.6 Å². The molecule has 0 saturated carbocycles. The first kappa shape index (κ1) is 20.3. The van der Waals surface area contributed by atoms with E-state index in [9.17, 15) is 19.2 Å². The number of urea groups is 2. The third-order valence-corrected chi connectivity index (χ3v) is 4.75. The third-order valence-electron chi connectivity index (χ3n) is 4.75. The van der Waals surface area contributed by atoms with Crippen LogP contribution in [0.1, 0.15) is 12.5 Å². The van der Waals surface area contributed by atoms with Crippen molar-refractivity contribution in [3.63, 3.8) is 0 Å². The highest BCUT2D eigenvalue weighted by atomic mass is 16.5. The van der Waals surface area contributed by atoms with E-state index in [1.54, 1.807) is 13.0 Å². The molecule has 1 aliphatic heterocycles. The van der Waals surface area contributed by atoms with E-state index in [1.165, 1.54) is 7.11 Å². The van der Waals surface area contributed by atoms with E-state index in [2.05, 4.69) is 16.0 Å². The van der Waals surface area contributed by atoms with Crippen LogP contribution in [0.25, 0.3) is 10.8 Å². The third kappa shape index (κ3) is 4.04. The second-order valence-electron chi connectivity index (χ2n) is 6.77. The van der Waals surface area contributed by atoms with Gasteiger partial charge in [0.2, 0.25) is 5.91 Å². The lowest BCUT2D eigenvalue weighted by Gasteiger charge is -2.24. The van der Waals surface area contributed by atoms with E-state index in [0.717, 1.165) is 15.7 Å². The molecule has 0 unspecified atom stereocenters. The molecule has 1 saturated heterocycles. The van der Waals surface area contributed by atoms with Crippen molar-refractivity contribution in [3.05, 3.63) is 48.0 Å². The summed E-state index contributed by atoms with van der Waals surface area (Å²) in [5.74, 6) is -1.33. The minimum atomic E-state index is -1.32. The Morgan fingerprint density at radius 3 is 2.62 bits per heavy atom. The van der Waals surface area contributed by atoms with Crippen LogP contribution in [0.15, 0.2) is 42.5 Å². The molecule has 0 aromatic heterocycles. The Morgan fingerprint density at radius 2 is 1.86 bits per heavy atom. The summed E-state index contributed by atoms with van der Waals surface area (Å²) < 4.78 is 4.80. The number of methoxy groups -OCH3 is 1. The molecule has 3 rings (SSSR count). The molecule has 0 aliphatic carbocycles. The number of imide groups is 2. The topological polar surface area (TPSA) is 117 Å². The van der Waals surface area contributed by atoms with Crippen LogP contribution in [0.2, 0.25) is 0 Å². The predicted molar refractivity (Wildman–Crippen MR) is 105 cm³/mol. The maximum atomic E-state index is 13.1. The molecule has 1 atom stereocenters. The number of rotatable bonds is 6. The summed E-state index contributed by atoms with van der Waals surface area (Å²) in [6.07, 6.45) is 0. The summed E-state index contributed by atoms with van der Waals surface area (Å²) >= 11 is 0. The Hall–Kier alpha value is -3.46. The number of nitrogens with one attached hydrogen (secondary N) is 3. The lowest BCUT2D eigenvalue weighted by molar-refractivity contribution is -0.134. The lowest BCUT2D eigenvalue weighted by atomic mass is 9.88. The molecule has 1 heterocycles. The van der Waals surface area contributed by atoms with Crippen LogP contribution in [-0.2, 0) is 19.9 Å².